The maximum absolute atomic E-state index is 13.0. The van der Waals surface area contributed by atoms with Crippen molar-refractivity contribution in [3.05, 3.63) is 39.8 Å². The number of H-pyrrole nitrogens is 1. The lowest BCUT2D eigenvalue weighted by Gasteiger charge is -2.19. The average molecular weight is 441 g/mol. The summed E-state index contributed by atoms with van der Waals surface area (Å²) >= 11 is 0. The average Bonchev–Trinajstić information content (AvgIpc) is 3.24. The van der Waals surface area contributed by atoms with E-state index in [2.05, 4.69) is 20.5 Å². The number of carbonyl (C=O) groups excluding carboxylic acids is 1. The highest BCUT2D eigenvalue weighted by atomic mass is 16.5. The zero-order valence-electron chi connectivity index (χ0n) is 18.7. The van der Waals surface area contributed by atoms with E-state index in [1.165, 1.54) is 21.3 Å². The van der Waals surface area contributed by atoms with Gasteiger partial charge >= 0.3 is 0 Å². The summed E-state index contributed by atoms with van der Waals surface area (Å²) in [5, 5.41) is 22.0. The molecule has 1 amide bonds. The Balaban J connectivity index is 2.17. The van der Waals surface area contributed by atoms with E-state index < -0.39 is 5.56 Å². The number of hydrogen-bond donors (Lipinski definition) is 3. The number of aryl methyl sites for hydroxylation is 1. The topological polar surface area (TPSA) is 125 Å². The molecule has 0 unspecified atom stereocenters. The summed E-state index contributed by atoms with van der Waals surface area (Å²) in [7, 11) is 4.61. The van der Waals surface area contributed by atoms with Gasteiger partial charge in [-0.05, 0) is 25.0 Å². The van der Waals surface area contributed by atoms with Crippen molar-refractivity contribution in [2.45, 2.75) is 39.0 Å². The van der Waals surface area contributed by atoms with Gasteiger partial charge in [0.25, 0.3) is 5.56 Å². The van der Waals surface area contributed by atoms with Crippen molar-refractivity contribution in [1.29, 1.82) is 0 Å². The molecule has 9 nitrogen and oxygen atoms in total. The first-order chi connectivity index (χ1) is 15.4. The minimum absolute atomic E-state index is 0.0314. The van der Waals surface area contributed by atoms with Crippen LogP contribution in [0, 0.1) is 0 Å². The Bertz CT molecular complexity index is 1110. The molecule has 0 atom stereocenters. The van der Waals surface area contributed by atoms with Gasteiger partial charge in [0.1, 0.15) is 22.8 Å². The van der Waals surface area contributed by atoms with Crippen molar-refractivity contribution in [1.82, 2.24) is 10.3 Å². The van der Waals surface area contributed by atoms with E-state index >= 15 is 0 Å². The number of methoxy groups -OCH3 is 2. The standard InChI is InChI=1S/C23H28N4O5/c1-5-6-8-14-19(21-16(31-3)9-7-10-17(21)32-4)22(29)20(23(30)25-14)15-11-13(26-27-15)12-18(28)24-2/h7,9-10H,5-6,8,11-12H2,1-4H3,(H,24,28)(H2,25,29,30). The third-order valence-corrected chi connectivity index (χ3v) is 5.34. The molecule has 0 saturated carbocycles. The van der Waals surface area contributed by atoms with Crippen LogP contribution in [0.4, 0.5) is 0 Å². The summed E-state index contributed by atoms with van der Waals surface area (Å²) in [5.74, 6) is 0.589. The van der Waals surface area contributed by atoms with Crippen LogP contribution < -0.4 is 20.3 Å². The Morgan fingerprint density at radius 2 is 1.84 bits per heavy atom. The van der Waals surface area contributed by atoms with Crippen molar-refractivity contribution >= 4 is 17.3 Å². The van der Waals surface area contributed by atoms with Crippen molar-refractivity contribution in [3.8, 4) is 28.4 Å². The Kier molecular flexibility index (Phi) is 7.29. The molecule has 1 aliphatic heterocycles. The van der Waals surface area contributed by atoms with Crippen LogP contribution in [-0.2, 0) is 11.2 Å². The van der Waals surface area contributed by atoms with Gasteiger partial charge in [-0.25, -0.2) is 0 Å². The summed E-state index contributed by atoms with van der Waals surface area (Å²) in [6, 6.07) is 5.32. The van der Waals surface area contributed by atoms with Crippen molar-refractivity contribution < 1.29 is 19.4 Å². The van der Waals surface area contributed by atoms with Crippen LogP contribution in [0.1, 0.15) is 43.9 Å². The van der Waals surface area contributed by atoms with Crippen molar-refractivity contribution in [2.24, 2.45) is 10.2 Å². The first kappa shape index (κ1) is 23.1. The molecule has 32 heavy (non-hydrogen) atoms. The lowest BCUT2D eigenvalue weighted by molar-refractivity contribution is -0.119. The SMILES string of the molecule is CCCCc1[nH]c(=O)c(C2=NN=C(CC(=O)NC)C2)c(O)c1-c1c(OC)cccc1OC. The second-order valence-corrected chi connectivity index (χ2v) is 7.41. The maximum atomic E-state index is 13.0. The molecule has 0 fully saturated rings. The van der Waals surface area contributed by atoms with E-state index in [1.54, 1.807) is 18.2 Å². The molecule has 0 saturated heterocycles. The minimum Gasteiger partial charge on any atom is -0.506 e. The van der Waals surface area contributed by atoms with E-state index in [0.29, 0.717) is 46.2 Å². The number of amides is 1. The number of carbonyl (C=O) groups is 1. The summed E-state index contributed by atoms with van der Waals surface area (Å²) < 4.78 is 11.1. The molecule has 170 valence electrons. The second kappa shape index (κ2) is 10.1. The third kappa shape index (κ3) is 4.51. The molecule has 0 bridgehead atoms. The number of benzene rings is 1. The van der Waals surface area contributed by atoms with Crippen LogP contribution in [0.3, 0.4) is 0 Å². The molecule has 1 aliphatic rings. The molecule has 3 rings (SSSR count). The van der Waals surface area contributed by atoms with E-state index in [-0.39, 0.29) is 30.1 Å². The smallest absolute Gasteiger partial charge is 0.261 e. The van der Waals surface area contributed by atoms with E-state index in [0.717, 1.165) is 12.8 Å². The van der Waals surface area contributed by atoms with Gasteiger partial charge in [-0.1, -0.05) is 19.4 Å². The summed E-state index contributed by atoms with van der Waals surface area (Å²) in [4.78, 5) is 27.6. The number of nitrogens with zero attached hydrogens (tertiary/aromatic N) is 2. The third-order valence-electron chi connectivity index (χ3n) is 5.34. The molecule has 0 aliphatic carbocycles. The van der Waals surface area contributed by atoms with E-state index in [1.807, 2.05) is 6.92 Å². The van der Waals surface area contributed by atoms with Gasteiger partial charge in [-0.3, -0.25) is 9.59 Å². The molecule has 3 N–H and O–H groups in total. The molecule has 1 aromatic heterocycles. The molecule has 1 aromatic carbocycles. The number of rotatable bonds is 9. The monoisotopic (exact) mass is 440 g/mol. The van der Waals surface area contributed by atoms with Gasteiger partial charge in [0, 0.05) is 19.2 Å². The van der Waals surface area contributed by atoms with Gasteiger partial charge in [0.15, 0.2) is 0 Å². The van der Waals surface area contributed by atoms with Gasteiger partial charge in [-0.15, -0.1) is 0 Å². The molecular formula is C23H28N4O5. The van der Waals surface area contributed by atoms with Crippen LogP contribution in [0.2, 0.25) is 0 Å². The number of ether oxygens (including phenoxy) is 2. The van der Waals surface area contributed by atoms with E-state index in [9.17, 15) is 14.7 Å². The Labute approximate surface area is 186 Å². The van der Waals surface area contributed by atoms with E-state index in [4.69, 9.17) is 9.47 Å². The Hall–Kier alpha value is -3.62. The molecule has 2 aromatic rings. The van der Waals surface area contributed by atoms with Crippen LogP contribution in [0.15, 0.2) is 33.2 Å². The largest absolute Gasteiger partial charge is 0.506 e. The Morgan fingerprint density at radius 3 is 2.44 bits per heavy atom. The fourth-order valence-electron chi connectivity index (χ4n) is 3.72. The lowest BCUT2D eigenvalue weighted by atomic mass is 9.93. The number of hydrogen-bond acceptors (Lipinski definition) is 7. The highest BCUT2D eigenvalue weighted by Crippen LogP contribution is 2.45. The lowest BCUT2D eigenvalue weighted by Crippen LogP contribution is -2.24. The van der Waals surface area contributed by atoms with Crippen molar-refractivity contribution in [3.63, 3.8) is 0 Å². The van der Waals surface area contributed by atoms with Crippen LogP contribution in [-0.4, -0.2) is 48.7 Å². The van der Waals surface area contributed by atoms with Gasteiger partial charge in [-0.2, -0.15) is 10.2 Å². The van der Waals surface area contributed by atoms with Crippen LogP contribution in [0.25, 0.3) is 11.1 Å². The zero-order valence-corrected chi connectivity index (χ0v) is 18.7. The predicted octanol–water partition coefficient (Wildman–Crippen LogP) is 2.79. The summed E-state index contributed by atoms with van der Waals surface area (Å²) in [6.07, 6.45) is 2.56. The fourth-order valence-corrected chi connectivity index (χ4v) is 3.72. The highest BCUT2D eigenvalue weighted by molar-refractivity contribution is 6.19. The summed E-state index contributed by atoms with van der Waals surface area (Å²) in [5.41, 5.74) is 1.97. The predicted molar refractivity (Wildman–Crippen MR) is 123 cm³/mol. The number of nitrogens with one attached hydrogen (secondary N) is 2. The van der Waals surface area contributed by atoms with Crippen LogP contribution in [0.5, 0.6) is 17.2 Å². The molecule has 0 spiro atoms. The number of unbranched alkanes of at least 4 members (excludes halogenated alkanes) is 1. The van der Waals surface area contributed by atoms with Crippen molar-refractivity contribution in [2.75, 3.05) is 21.3 Å². The van der Waals surface area contributed by atoms with Gasteiger partial charge in [0.05, 0.1) is 43.2 Å². The first-order valence-electron chi connectivity index (χ1n) is 10.5. The summed E-state index contributed by atoms with van der Waals surface area (Å²) in [6.45, 7) is 2.05. The molecule has 9 heteroatoms. The quantitative estimate of drug-likeness (QED) is 0.553. The number of pyridine rings is 1. The number of aromatic nitrogens is 1. The first-order valence-corrected chi connectivity index (χ1v) is 10.5. The molecular weight excluding hydrogens is 412 g/mol. The molecule has 0 radical (unpaired) electrons. The fraction of sp³-hybridized carbons (Fsp3) is 0.391. The van der Waals surface area contributed by atoms with Crippen LogP contribution >= 0.6 is 0 Å². The highest BCUT2D eigenvalue weighted by Gasteiger charge is 2.28. The normalized spacial score (nSPS) is 12.9. The van der Waals surface area contributed by atoms with Gasteiger partial charge < -0.3 is 24.9 Å². The maximum Gasteiger partial charge on any atom is 0.261 e. The second-order valence-electron chi connectivity index (χ2n) is 7.41. The van der Waals surface area contributed by atoms with Gasteiger partial charge in [0.2, 0.25) is 5.91 Å². The minimum atomic E-state index is -0.457. The Morgan fingerprint density at radius 1 is 1.16 bits per heavy atom. The zero-order chi connectivity index (χ0) is 23.3. The number of aromatic amines is 1. The molecule has 2 heterocycles. The number of aromatic hydroxyl groups is 1.